The number of rotatable bonds is 5. The molecule has 2 aromatic rings. The summed E-state index contributed by atoms with van der Waals surface area (Å²) in [6.45, 7) is 2.11. The van der Waals surface area contributed by atoms with E-state index in [9.17, 15) is 17.6 Å². The van der Waals surface area contributed by atoms with E-state index in [1.165, 1.54) is 18.2 Å². The highest BCUT2D eigenvalue weighted by Gasteiger charge is 2.33. The molecule has 0 aliphatic carbocycles. The third-order valence-corrected chi connectivity index (χ3v) is 3.60. The fraction of sp³-hybridized carbons (Fsp3) is 0.368. The molecule has 2 rings (SSSR count). The molecule has 1 heterocycles. The first-order valence-corrected chi connectivity index (χ1v) is 8.11. The second kappa shape index (κ2) is 8.61. The number of hydrogen-bond donors (Lipinski definition) is 0. The van der Waals surface area contributed by atoms with Gasteiger partial charge in [-0.1, -0.05) is 50.3 Å². The van der Waals surface area contributed by atoms with E-state index >= 15 is 0 Å². The van der Waals surface area contributed by atoms with Crippen molar-refractivity contribution >= 4 is 0 Å². The lowest BCUT2D eigenvalue weighted by atomic mass is 10.0. The zero-order valence-corrected chi connectivity index (χ0v) is 13.8. The van der Waals surface area contributed by atoms with Gasteiger partial charge in [0.15, 0.2) is 5.69 Å². The van der Waals surface area contributed by atoms with Crippen molar-refractivity contribution in [3.8, 4) is 23.1 Å². The number of unbranched alkanes of at least 4 members (excludes halogenated alkanes) is 4. The fourth-order valence-electron chi connectivity index (χ4n) is 2.32. The number of hydrogen-bond acceptors (Lipinski definition) is 2. The van der Waals surface area contributed by atoms with Crippen LogP contribution in [0.15, 0.2) is 30.5 Å². The summed E-state index contributed by atoms with van der Waals surface area (Å²) >= 11 is 0. The molecular formula is C19H18F4N2. The SMILES string of the molecule is CCCCCCC#Cc1ncc(-c2ccccc2C(F)(F)F)nc1F. The molecular weight excluding hydrogens is 332 g/mol. The van der Waals surface area contributed by atoms with Crippen LogP contribution in [0.25, 0.3) is 11.3 Å². The van der Waals surface area contributed by atoms with E-state index in [1.54, 1.807) is 0 Å². The largest absolute Gasteiger partial charge is 0.417 e. The van der Waals surface area contributed by atoms with E-state index < -0.39 is 17.7 Å². The van der Waals surface area contributed by atoms with Crippen LogP contribution in [-0.4, -0.2) is 9.97 Å². The molecule has 0 bridgehead atoms. The van der Waals surface area contributed by atoms with Crippen LogP contribution in [0.3, 0.4) is 0 Å². The van der Waals surface area contributed by atoms with Crippen LogP contribution < -0.4 is 0 Å². The first-order chi connectivity index (χ1) is 11.9. The van der Waals surface area contributed by atoms with Crippen LogP contribution in [-0.2, 0) is 6.18 Å². The standard InChI is InChI=1S/C19H18F4N2/c1-2-3-4-5-6-7-12-16-18(20)25-17(13-24-16)14-10-8-9-11-15(14)19(21,22)23/h8-11,13H,2-6H2,1H3. The monoisotopic (exact) mass is 350 g/mol. The maximum absolute atomic E-state index is 14.0. The summed E-state index contributed by atoms with van der Waals surface area (Å²) in [6.07, 6.45) is 1.43. The average molecular weight is 350 g/mol. The van der Waals surface area contributed by atoms with Crippen LogP contribution >= 0.6 is 0 Å². The quantitative estimate of drug-likeness (QED) is 0.397. The van der Waals surface area contributed by atoms with Crippen LogP contribution in [0.4, 0.5) is 17.6 Å². The third kappa shape index (κ3) is 5.28. The van der Waals surface area contributed by atoms with Crippen LogP contribution in [0.5, 0.6) is 0 Å². The number of halogens is 4. The van der Waals surface area contributed by atoms with Gasteiger partial charge in [0.2, 0.25) is 5.95 Å². The van der Waals surface area contributed by atoms with Gasteiger partial charge < -0.3 is 0 Å². The van der Waals surface area contributed by atoms with Crippen molar-refractivity contribution in [2.75, 3.05) is 0 Å². The summed E-state index contributed by atoms with van der Waals surface area (Å²) in [7, 11) is 0. The van der Waals surface area contributed by atoms with Gasteiger partial charge >= 0.3 is 6.18 Å². The maximum atomic E-state index is 14.0. The van der Waals surface area contributed by atoms with E-state index in [-0.39, 0.29) is 17.0 Å². The van der Waals surface area contributed by atoms with E-state index in [4.69, 9.17) is 0 Å². The predicted molar refractivity (Wildman–Crippen MR) is 88.1 cm³/mol. The van der Waals surface area contributed by atoms with E-state index in [0.29, 0.717) is 6.42 Å². The van der Waals surface area contributed by atoms with Crippen LogP contribution in [0, 0.1) is 17.8 Å². The number of benzene rings is 1. The van der Waals surface area contributed by atoms with Gasteiger partial charge in [0.25, 0.3) is 0 Å². The zero-order chi connectivity index (χ0) is 18.3. The molecule has 1 aromatic heterocycles. The molecule has 0 fully saturated rings. The maximum Gasteiger partial charge on any atom is 0.417 e. The van der Waals surface area contributed by atoms with Crippen molar-refractivity contribution in [1.29, 1.82) is 0 Å². The predicted octanol–water partition coefficient (Wildman–Crippen LogP) is 5.62. The van der Waals surface area contributed by atoms with E-state index in [2.05, 4.69) is 28.7 Å². The van der Waals surface area contributed by atoms with Crippen LogP contribution in [0.1, 0.15) is 50.3 Å². The Bertz CT molecular complexity index is 773. The molecule has 0 saturated heterocycles. The summed E-state index contributed by atoms with van der Waals surface area (Å²) in [6, 6.07) is 4.88. The first kappa shape index (κ1) is 18.9. The van der Waals surface area contributed by atoms with Gasteiger partial charge in [-0.3, -0.25) is 0 Å². The Morgan fingerprint density at radius 1 is 1.08 bits per heavy atom. The molecule has 0 atom stereocenters. The van der Waals surface area contributed by atoms with Crippen molar-refractivity contribution < 1.29 is 17.6 Å². The normalized spacial score (nSPS) is 11.1. The van der Waals surface area contributed by atoms with Gasteiger partial charge in [-0.2, -0.15) is 17.6 Å². The summed E-state index contributed by atoms with van der Waals surface area (Å²) in [5.41, 5.74) is -1.40. The smallest absolute Gasteiger partial charge is 0.241 e. The Balaban J connectivity index is 2.20. The highest BCUT2D eigenvalue weighted by molar-refractivity contribution is 5.63. The third-order valence-electron chi connectivity index (χ3n) is 3.60. The summed E-state index contributed by atoms with van der Waals surface area (Å²) in [4.78, 5) is 7.45. The van der Waals surface area contributed by atoms with Crippen molar-refractivity contribution in [2.24, 2.45) is 0 Å². The highest BCUT2D eigenvalue weighted by Crippen LogP contribution is 2.36. The second-order valence-corrected chi connectivity index (χ2v) is 5.55. The van der Waals surface area contributed by atoms with Gasteiger partial charge in [0, 0.05) is 12.0 Å². The molecule has 1 aromatic carbocycles. The van der Waals surface area contributed by atoms with Gasteiger partial charge in [0.05, 0.1) is 17.5 Å². The lowest BCUT2D eigenvalue weighted by molar-refractivity contribution is -0.137. The Labute approximate surface area is 144 Å². The Kier molecular flexibility index (Phi) is 6.51. The Hall–Kier alpha value is -2.42. The fourth-order valence-corrected chi connectivity index (χ4v) is 2.32. The average Bonchev–Trinajstić information content (AvgIpc) is 2.58. The zero-order valence-electron chi connectivity index (χ0n) is 13.8. The lowest BCUT2D eigenvalue weighted by Crippen LogP contribution is -2.08. The molecule has 0 saturated carbocycles. The molecule has 0 spiro atoms. The molecule has 0 N–H and O–H groups in total. The van der Waals surface area contributed by atoms with Gasteiger partial charge in [-0.05, 0) is 18.4 Å². The minimum Gasteiger partial charge on any atom is -0.241 e. The summed E-state index contributed by atoms with van der Waals surface area (Å²) in [5.74, 6) is 4.45. The van der Waals surface area contributed by atoms with Crippen molar-refractivity contribution in [3.63, 3.8) is 0 Å². The molecule has 0 aliphatic rings. The van der Waals surface area contributed by atoms with E-state index in [1.807, 2.05) is 0 Å². The molecule has 2 nitrogen and oxygen atoms in total. The summed E-state index contributed by atoms with van der Waals surface area (Å²) < 4.78 is 53.2. The molecule has 132 valence electrons. The Morgan fingerprint density at radius 3 is 2.52 bits per heavy atom. The molecule has 0 unspecified atom stereocenters. The molecule has 0 aliphatic heterocycles. The molecule has 0 amide bonds. The summed E-state index contributed by atoms with van der Waals surface area (Å²) in [5, 5.41) is 0. The van der Waals surface area contributed by atoms with Crippen LogP contribution in [0.2, 0.25) is 0 Å². The van der Waals surface area contributed by atoms with E-state index in [0.717, 1.165) is 37.9 Å². The van der Waals surface area contributed by atoms with Crippen molar-refractivity contribution in [3.05, 3.63) is 47.7 Å². The number of aromatic nitrogens is 2. The van der Waals surface area contributed by atoms with Crippen molar-refractivity contribution in [2.45, 2.75) is 45.2 Å². The van der Waals surface area contributed by atoms with Gasteiger partial charge in [0.1, 0.15) is 0 Å². The minimum atomic E-state index is -4.55. The number of alkyl halides is 3. The Morgan fingerprint density at radius 2 is 1.84 bits per heavy atom. The van der Waals surface area contributed by atoms with Crippen molar-refractivity contribution in [1.82, 2.24) is 9.97 Å². The minimum absolute atomic E-state index is 0.149. The van der Waals surface area contributed by atoms with Gasteiger partial charge in [-0.15, -0.1) is 0 Å². The molecule has 6 heteroatoms. The number of nitrogens with zero attached hydrogens (tertiary/aromatic N) is 2. The highest BCUT2D eigenvalue weighted by atomic mass is 19.4. The van der Waals surface area contributed by atoms with Gasteiger partial charge in [-0.25, -0.2) is 9.97 Å². The lowest BCUT2D eigenvalue weighted by Gasteiger charge is -2.11. The first-order valence-electron chi connectivity index (χ1n) is 8.11. The molecule has 25 heavy (non-hydrogen) atoms. The molecule has 0 radical (unpaired) electrons. The second-order valence-electron chi connectivity index (χ2n) is 5.55. The topological polar surface area (TPSA) is 25.8 Å².